The van der Waals surface area contributed by atoms with E-state index in [0.29, 0.717) is 17.0 Å². The van der Waals surface area contributed by atoms with Gasteiger partial charge in [0.25, 0.3) is 5.91 Å². The van der Waals surface area contributed by atoms with Crippen LogP contribution in [0.5, 0.6) is 5.75 Å². The Morgan fingerprint density at radius 3 is 2.11 bits per heavy atom. The molecule has 4 rings (SSSR count). The molecule has 3 N–H and O–H groups in total. The number of nitrogens with one attached hydrogen (secondary N) is 2. The molecule has 4 aromatic rings. The third kappa shape index (κ3) is 5.82. The van der Waals surface area contributed by atoms with Gasteiger partial charge in [0.2, 0.25) is 10.0 Å². The van der Waals surface area contributed by atoms with Crippen LogP contribution in [0.2, 0.25) is 0 Å². The average molecular weight is 523 g/mol. The SMILES string of the molecule is COc1ccc2oc(C(=O)Nc3ccc(-c4ccc(S(=O)(=O)N[C@H](C(=O)O)C(C)C)cc4)cc3)cc2c1. The third-order valence-corrected chi connectivity index (χ3v) is 7.26. The lowest BCUT2D eigenvalue weighted by Crippen LogP contribution is -2.44. The van der Waals surface area contributed by atoms with Crippen LogP contribution < -0.4 is 14.8 Å². The van der Waals surface area contributed by atoms with Gasteiger partial charge in [0, 0.05) is 11.1 Å². The normalized spacial score (nSPS) is 12.4. The van der Waals surface area contributed by atoms with E-state index in [1.807, 2.05) is 0 Å². The van der Waals surface area contributed by atoms with E-state index in [9.17, 15) is 23.1 Å². The molecule has 192 valence electrons. The van der Waals surface area contributed by atoms with Crippen LogP contribution in [0, 0.1) is 5.92 Å². The second-order valence-corrected chi connectivity index (χ2v) is 10.5. The predicted molar refractivity (Wildman–Crippen MR) is 139 cm³/mol. The van der Waals surface area contributed by atoms with E-state index in [-0.39, 0.29) is 10.7 Å². The first-order valence-electron chi connectivity index (χ1n) is 11.4. The molecule has 1 atom stereocenters. The molecular formula is C27H26N2O7S. The average Bonchev–Trinajstić information content (AvgIpc) is 3.31. The van der Waals surface area contributed by atoms with Crippen LogP contribution in [0.4, 0.5) is 5.69 Å². The molecule has 0 aliphatic rings. The van der Waals surface area contributed by atoms with Crippen molar-refractivity contribution in [3.8, 4) is 16.9 Å². The first-order chi connectivity index (χ1) is 17.6. The highest BCUT2D eigenvalue weighted by atomic mass is 32.2. The monoisotopic (exact) mass is 522 g/mol. The molecule has 1 heterocycles. The van der Waals surface area contributed by atoms with Crippen molar-refractivity contribution in [3.05, 3.63) is 78.6 Å². The van der Waals surface area contributed by atoms with Gasteiger partial charge in [-0.1, -0.05) is 38.1 Å². The molecule has 0 unspecified atom stereocenters. The van der Waals surface area contributed by atoms with Crippen LogP contribution in [0.25, 0.3) is 22.1 Å². The summed E-state index contributed by atoms with van der Waals surface area (Å²) in [6.07, 6.45) is 0. The highest BCUT2D eigenvalue weighted by Crippen LogP contribution is 2.26. The fraction of sp³-hybridized carbons (Fsp3) is 0.185. The van der Waals surface area contributed by atoms with E-state index in [1.54, 1.807) is 81.6 Å². The summed E-state index contributed by atoms with van der Waals surface area (Å²) < 4.78 is 38.3. The molecule has 9 nitrogen and oxygen atoms in total. The van der Waals surface area contributed by atoms with E-state index in [1.165, 1.54) is 12.1 Å². The summed E-state index contributed by atoms with van der Waals surface area (Å²) in [6.45, 7) is 3.26. The number of carbonyl (C=O) groups excluding carboxylic acids is 1. The van der Waals surface area contributed by atoms with E-state index in [4.69, 9.17) is 9.15 Å². The van der Waals surface area contributed by atoms with Crippen molar-refractivity contribution in [2.45, 2.75) is 24.8 Å². The molecule has 3 aromatic carbocycles. The molecule has 0 bridgehead atoms. The number of sulfonamides is 1. The lowest BCUT2D eigenvalue weighted by Gasteiger charge is -2.18. The maximum absolute atomic E-state index is 12.6. The maximum atomic E-state index is 12.6. The number of carboxylic acids is 1. The number of aliphatic carboxylic acids is 1. The van der Waals surface area contributed by atoms with Crippen molar-refractivity contribution in [2.75, 3.05) is 12.4 Å². The Morgan fingerprint density at radius 1 is 0.919 bits per heavy atom. The number of hydrogen-bond donors (Lipinski definition) is 3. The zero-order valence-electron chi connectivity index (χ0n) is 20.4. The van der Waals surface area contributed by atoms with Crippen LogP contribution in [0.1, 0.15) is 24.4 Å². The molecule has 0 spiro atoms. The van der Waals surface area contributed by atoms with Gasteiger partial charge in [-0.15, -0.1) is 0 Å². The molecule has 0 radical (unpaired) electrons. The Morgan fingerprint density at radius 2 is 1.54 bits per heavy atom. The number of methoxy groups -OCH3 is 1. The van der Waals surface area contributed by atoms with Crippen molar-refractivity contribution in [1.82, 2.24) is 4.72 Å². The van der Waals surface area contributed by atoms with E-state index < -0.39 is 33.9 Å². The molecule has 0 saturated heterocycles. The predicted octanol–water partition coefficient (Wildman–Crippen LogP) is 4.75. The van der Waals surface area contributed by atoms with Gasteiger partial charge >= 0.3 is 5.97 Å². The van der Waals surface area contributed by atoms with E-state index in [2.05, 4.69) is 10.0 Å². The minimum atomic E-state index is -4.00. The maximum Gasteiger partial charge on any atom is 0.322 e. The molecule has 0 fully saturated rings. The second kappa shape index (κ2) is 10.5. The van der Waals surface area contributed by atoms with Crippen molar-refractivity contribution in [3.63, 3.8) is 0 Å². The standard InChI is InChI=1S/C27H26N2O7S/c1-16(2)25(27(31)32)29-37(33,34)22-11-6-18(7-12-22)17-4-8-20(9-5-17)28-26(30)24-15-19-14-21(35-3)10-13-23(19)36-24/h4-16,25,29H,1-3H3,(H,28,30)(H,31,32)/t25-/m0/s1. The van der Waals surface area contributed by atoms with Gasteiger partial charge in [-0.05, 0) is 65.6 Å². The van der Waals surface area contributed by atoms with E-state index >= 15 is 0 Å². The number of carbonyl (C=O) groups is 2. The number of amides is 1. The quantitative estimate of drug-likeness (QED) is 0.289. The highest BCUT2D eigenvalue weighted by molar-refractivity contribution is 7.89. The molecule has 1 amide bonds. The summed E-state index contributed by atoms with van der Waals surface area (Å²) in [6, 6.07) is 18.8. The van der Waals surface area contributed by atoms with Crippen molar-refractivity contribution < 1.29 is 32.3 Å². The zero-order valence-corrected chi connectivity index (χ0v) is 21.2. The second-order valence-electron chi connectivity index (χ2n) is 8.75. The topological polar surface area (TPSA) is 135 Å². The van der Waals surface area contributed by atoms with Crippen LogP contribution in [-0.4, -0.2) is 38.6 Å². The van der Waals surface area contributed by atoms with Crippen molar-refractivity contribution in [2.24, 2.45) is 5.92 Å². The first kappa shape index (κ1) is 25.9. The number of furan rings is 1. The number of hydrogen-bond acceptors (Lipinski definition) is 6. The van der Waals surface area contributed by atoms with Crippen LogP contribution in [0.15, 0.2) is 82.1 Å². The zero-order chi connectivity index (χ0) is 26.7. The Balaban J connectivity index is 1.45. The molecule has 37 heavy (non-hydrogen) atoms. The Bertz CT molecular complexity index is 1540. The Kier molecular flexibility index (Phi) is 7.33. The minimum absolute atomic E-state index is 0.0320. The van der Waals surface area contributed by atoms with Gasteiger partial charge in [-0.2, -0.15) is 4.72 Å². The first-order valence-corrected chi connectivity index (χ1v) is 12.9. The molecule has 10 heteroatoms. The van der Waals surface area contributed by atoms with Gasteiger partial charge in [0.05, 0.1) is 12.0 Å². The fourth-order valence-electron chi connectivity index (χ4n) is 3.73. The Labute approximate surface area is 214 Å². The van der Waals surface area contributed by atoms with Gasteiger partial charge < -0.3 is 19.6 Å². The molecule has 0 aliphatic heterocycles. The van der Waals surface area contributed by atoms with Gasteiger partial charge in [0.1, 0.15) is 17.4 Å². The minimum Gasteiger partial charge on any atom is -0.497 e. The summed E-state index contributed by atoms with van der Waals surface area (Å²) in [5, 5.41) is 12.8. The lowest BCUT2D eigenvalue weighted by atomic mass is 10.1. The van der Waals surface area contributed by atoms with Gasteiger partial charge in [-0.25, -0.2) is 8.42 Å². The summed E-state index contributed by atoms with van der Waals surface area (Å²) in [5.74, 6) is -1.21. The number of rotatable bonds is 9. The largest absolute Gasteiger partial charge is 0.497 e. The summed E-state index contributed by atoms with van der Waals surface area (Å²) in [4.78, 5) is 24.0. The number of ether oxygens (including phenoxy) is 1. The van der Waals surface area contributed by atoms with Crippen molar-refractivity contribution in [1.29, 1.82) is 0 Å². The molecular weight excluding hydrogens is 496 g/mol. The van der Waals surface area contributed by atoms with Gasteiger partial charge in [-0.3, -0.25) is 9.59 Å². The number of benzene rings is 3. The van der Waals surface area contributed by atoms with Crippen LogP contribution in [0.3, 0.4) is 0 Å². The smallest absolute Gasteiger partial charge is 0.322 e. The number of fused-ring (bicyclic) bond motifs is 1. The highest BCUT2D eigenvalue weighted by Gasteiger charge is 2.28. The summed E-state index contributed by atoms with van der Waals surface area (Å²) in [5.41, 5.74) is 2.69. The molecule has 1 aromatic heterocycles. The van der Waals surface area contributed by atoms with E-state index in [0.717, 1.165) is 16.5 Å². The lowest BCUT2D eigenvalue weighted by molar-refractivity contribution is -0.140. The number of anilines is 1. The van der Waals surface area contributed by atoms with Crippen molar-refractivity contribution >= 4 is 38.6 Å². The number of carboxylic acid groups (broad SMARTS) is 1. The summed E-state index contributed by atoms with van der Waals surface area (Å²) >= 11 is 0. The fourth-order valence-corrected chi connectivity index (χ4v) is 5.07. The van der Waals surface area contributed by atoms with Gasteiger partial charge in [0.15, 0.2) is 5.76 Å². The molecule has 0 aliphatic carbocycles. The Hall–Kier alpha value is -4.15. The molecule has 0 saturated carbocycles. The van der Waals surface area contributed by atoms with Crippen LogP contribution in [-0.2, 0) is 14.8 Å². The summed E-state index contributed by atoms with van der Waals surface area (Å²) in [7, 11) is -2.44. The third-order valence-electron chi connectivity index (χ3n) is 5.80. The van der Waals surface area contributed by atoms with Crippen LogP contribution >= 0.6 is 0 Å².